The Bertz CT molecular complexity index is 1460. The molecule has 6 atom stereocenters. The highest BCUT2D eigenvalue weighted by Crippen LogP contribution is 2.43. The smallest absolute Gasteiger partial charge is 0.303 e. The predicted octanol–water partition coefficient (Wildman–Crippen LogP) is 2.97. The standard InChI is InChI=1S/C30H34O11S/c1-6-20-7-9-21(10-8-20)24-15-42(35,36)26-12-11-22(13-23(24)26)27-29(39-18(4)33)30(40-19(5)34)28(38-17(3)32)25(41-27)14-37-16(2)31/h7-13,24-25,27-30H,6,14-15H2,1-5H3. The van der Waals surface area contributed by atoms with Crippen LogP contribution in [0.2, 0.25) is 0 Å². The van der Waals surface area contributed by atoms with E-state index in [4.69, 9.17) is 23.7 Å². The van der Waals surface area contributed by atoms with E-state index >= 15 is 0 Å². The van der Waals surface area contributed by atoms with Crippen molar-refractivity contribution < 1.29 is 51.3 Å². The van der Waals surface area contributed by atoms with E-state index in [0.29, 0.717) is 11.1 Å². The summed E-state index contributed by atoms with van der Waals surface area (Å²) in [5.74, 6) is -3.38. The molecule has 0 aromatic heterocycles. The van der Waals surface area contributed by atoms with Gasteiger partial charge in [-0.3, -0.25) is 19.2 Å². The molecule has 0 aliphatic carbocycles. The first-order valence-corrected chi connectivity index (χ1v) is 15.2. The van der Waals surface area contributed by atoms with Crippen LogP contribution in [0.15, 0.2) is 47.4 Å². The second-order valence-corrected chi connectivity index (χ2v) is 12.3. The molecule has 42 heavy (non-hydrogen) atoms. The van der Waals surface area contributed by atoms with Crippen molar-refractivity contribution in [2.45, 2.75) is 82.4 Å². The molecule has 2 aromatic carbocycles. The lowest BCUT2D eigenvalue weighted by atomic mass is 9.87. The molecule has 6 unspecified atom stereocenters. The molecule has 0 N–H and O–H groups in total. The summed E-state index contributed by atoms with van der Waals surface area (Å²) in [4.78, 5) is 48.2. The van der Waals surface area contributed by atoms with Gasteiger partial charge in [0, 0.05) is 33.6 Å². The van der Waals surface area contributed by atoms with Crippen LogP contribution in [0.5, 0.6) is 0 Å². The van der Waals surface area contributed by atoms with Gasteiger partial charge in [-0.1, -0.05) is 43.3 Å². The zero-order valence-corrected chi connectivity index (χ0v) is 24.8. The minimum absolute atomic E-state index is 0.115. The van der Waals surface area contributed by atoms with Crippen molar-refractivity contribution in [3.63, 3.8) is 0 Å². The van der Waals surface area contributed by atoms with Gasteiger partial charge in [0.25, 0.3) is 0 Å². The molecule has 11 nitrogen and oxygen atoms in total. The molecule has 12 heteroatoms. The number of rotatable bonds is 8. The SMILES string of the molecule is CCc1ccc(C2CS(=O)(=O)c3ccc(C4OC(COC(C)=O)C(OC(C)=O)C(OC(C)=O)C4OC(C)=O)cc32)cc1. The number of carbonyl (C=O) groups is 4. The van der Waals surface area contributed by atoms with Gasteiger partial charge < -0.3 is 23.7 Å². The summed E-state index contributed by atoms with van der Waals surface area (Å²) in [6.45, 7) is 6.33. The number of carbonyl (C=O) groups excluding carboxylic acids is 4. The van der Waals surface area contributed by atoms with E-state index in [1.54, 1.807) is 12.1 Å². The van der Waals surface area contributed by atoms with Crippen molar-refractivity contribution in [3.8, 4) is 0 Å². The van der Waals surface area contributed by atoms with Crippen LogP contribution < -0.4 is 0 Å². The molecule has 1 saturated heterocycles. The normalized spacial score (nSPS) is 26.0. The number of hydrogen-bond donors (Lipinski definition) is 0. The number of esters is 4. The topological polar surface area (TPSA) is 149 Å². The van der Waals surface area contributed by atoms with E-state index in [1.165, 1.54) is 19.9 Å². The average Bonchev–Trinajstić information content (AvgIpc) is 3.19. The van der Waals surface area contributed by atoms with Crippen LogP contribution in [0.3, 0.4) is 0 Å². The lowest BCUT2D eigenvalue weighted by Crippen LogP contribution is -2.59. The van der Waals surface area contributed by atoms with E-state index < -0.39 is 70.2 Å². The van der Waals surface area contributed by atoms with Gasteiger partial charge in [-0.15, -0.1) is 0 Å². The van der Waals surface area contributed by atoms with Crippen molar-refractivity contribution in [2.75, 3.05) is 12.4 Å². The maximum Gasteiger partial charge on any atom is 0.303 e. The monoisotopic (exact) mass is 602 g/mol. The third-order valence-corrected chi connectivity index (χ3v) is 9.05. The third kappa shape index (κ3) is 6.81. The Morgan fingerprint density at radius 2 is 1.36 bits per heavy atom. The molecule has 2 heterocycles. The first kappa shape index (κ1) is 31.2. The third-order valence-electron chi connectivity index (χ3n) is 7.24. The van der Waals surface area contributed by atoms with Crippen LogP contribution >= 0.6 is 0 Å². The summed E-state index contributed by atoms with van der Waals surface area (Å²) in [7, 11) is -3.59. The Labute approximate surface area is 244 Å². The summed E-state index contributed by atoms with van der Waals surface area (Å²) >= 11 is 0. The van der Waals surface area contributed by atoms with Gasteiger partial charge in [-0.25, -0.2) is 8.42 Å². The second-order valence-electron chi connectivity index (χ2n) is 10.3. The Kier molecular flexibility index (Phi) is 9.37. The highest BCUT2D eigenvalue weighted by molar-refractivity contribution is 7.91. The number of benzene rings is 2. The number of ether oxygens (including phenoxy) is 5. The number of sulfone groups is 1. The molecule has 2 aliphatic rings. The number of aryl methyl sites for hydroxylation is 1. The van der Waals surface area contributed by atoms with Crippen molar-refractivity contribution >= 4 is 33.7 Å². The van der Waals surface area contributed by atoms with Crippen LogP contribution in [0.25, 0.3) is 0 Å². The molecule has 0 spiro atoms. The van der Waals surface area contributed by atoms with E-state index in [-0.39, 0.29) is 17.3 Å². The fourth-order valence-electron chi connectivity index (χ4n) is 5.46. The zero-order chi connectivity index (χ0) is 30.8. The molecule has 2 aliphatic heterocycles. The highest BCUT2D eigenvalue weighted by atomic mass is 32.2. The molecular formula is C30H34O11S. The lowest BCUT2D eigenvalue weighted by molar-refractivity contribution is -0.254. The van der Waals surface area contributed by atoms with E-state index in [2.05, 4.69) is 0 Å². The summed E-state index contributed by atoms with van der Waals surface area (Å²) in [5.41, 5.74) is 2.92. The predicted molar refractivity (Wildman–Crippen MR) is 147 cm³/mol. The Hall–Kier alpha value is -3.77. The first-order chi connectivity index (χ1) is 19.8. The highest BCUT2D eigenvalue weighted by Gasteiger charge is 2.53. The molecule has 0 radical (unpaired) electrons. The second kappa shape index (κ2) is 12.6. The van der Waals surface area contributed by atoms with Gasteiger partial charge in [-0.05, 0) is 34.7 Å². The van der Waals surface area contributed by atoms with Crippen molar-refractivity contribution in [2.24, 2.45) is 0 Å². The largest absolute Gasteiger partial charge is 0.463 e. The lowest BCUT2D eigenvalue weighted by Gasteiger charge is -2.44. The van der Waals surface area contributed by atoms with E-state index in [9.17, 15) is 27.6 Å². The van der Waals surface area contributed by atoms with Gasteiger partial charge in [0.15, 0.2) is 28.1 Å². The van der Waals surface area contributed by atoms with Crippen LogP contribution in [-0.4, -0.2) is 69.1 Å². The van der Waals surface area contributed by atoms with Crippen LogP contribution in [0.1, 0.15) is 68.9 Å². The fraction of sp³-hybridized carbons (Fsp3) is 0.467. The number of hydrogen-bond acceptors (Lipinski definition) is 11. The minimum atomic E-state index is -3.59. The maximum atomic E-state index is 13.1. The molecule has 226 valence electrons. The van der Waals surface area contributed by atoms with Crippen molar-refractivity contribution in [3.05, 3.63) is 64.7 Å². The van der Waals surface area contributed by atoms with Crippen molar-refractivity contribution in [1.29, 1.82) is 0 Å². The summed E-state index contributed by atoms with van der Waals surface area (Å²) < 4.78 is 54.2. The summed E-state index contributed by atoms with van der Waals surface area (Å²) in [6, 6.07) is 12.4. The summed E-state index contributed by atoms with van der Waals surface area (Å²) in [6.07, 6.45) is -5.29. The Morgan fingerprint density at radius 3 is 1.93 bits per heavy atom. The molecule has 0 amide bonds. The van der Waals surface area contributed by atoms with Gasteiger partial charge in [0.2, 0.25) is 0 Å². The summed E-state index contributed by atoms with van der Waals surface area (Å²) in [5, 5.41) is 0. The fourth-order valence-corrected chi connectivity index (χ4v) is 7.28. The first-order valence-electron chi connectivity index (χ1n) is 13.6. The van der Waals surface area contributed by atoms with E-state index in [1.807, 2.05) is 31.2 Å². The minimum Gasteiger partial charge on any atom is -0.463 e. The van der Waals surface area contributed by atoms with Crippen LogP contribution in [-0.2, 0) is 59.1 Å². The Morgan fingerprint density at radius 1 is 0.786 bits per heavy atom. The molecule has 4 rings (SSSR count). The molecule has 0 bridgehead atoms. The molecular weight excluding hydrogens is 568 g/mol. The van der Waals surface area contributed by atoms with Crippen LogP contribution in [0, 0.1) is 0 Å². The maximum absolute atomic E-state index is 13.1. The van der Waals surface area contributed by atoms with Gasteiger partial charge in [0.05, 0.1) is 10.6 Å². The Balaban J connectivity index is 1.82. The average molecular weight is 603 g/mol. The van der Waals surface area contributed by atoms with E-state index in [0.717, 1.165) is 31.4 Å². The number of fused-ring (bicyclic) bond motifs is 1. The van der Waals surface area contributed by atoms with Gasteiger partial charge in [0.1, 0.15) is 18.8 Å². The zero-order valence-electron chi connectivity index (χ0n) is 24.0. The molecule has 1 fully saturated rings. The molecule has 2 aromatic rings. The van der Waals surface area contributed by atoms with Crippen LogP contribution in [0.4, 0.5) is 0 Å². The van der Waals surface area contributed by atoms with Gasteiger partial charge >= 0.3 is 23.9 Å². The quantitative estimate of drug-likeness (QED) is 0.324. The van der Waals surface area contributed by atoms with Crippen molar-refractivity contribution in [1.82, 2.24) is 0 Å². The van der Waals surface area contributed by atoms with Gasteiger partial charge in [-0.2, -0.15) is 0 Å². The molecule has 0 saturated carbocycles.